The third kappa shape index (κ3) is 2.19. The second kappa shape index (κ2) is 4.83. The minimum atomic E-state index is -0.183. The van der Waals surface area contributed by atoms with E-state index in [0.717, 1.165) is 12.2 Å². The van der Waals surface area contributed by atoms with Gasteiger partial charge in [0, 0.05) is 30.4 Å². The molecule has 1 aromatic carbocycles. The minimum absolute atomic E-state index is 0.183. The van der Waals surface area contributed by atoms with Gasteiger partial charge in [-0.25, -0.2) is 4.39 Å². The fourth-order valence-corrected chi connectivity index (χ4v) is 2.36. The molecule has 1 aliphatic rings. The predicted molar refractivity (Wildman–Crippen MR) is 65.0 cm³/mol. The van der Waals surface area contributed by atoms with Crippen LogP contribution in [0.3, 0.4) is 0 Å². The summed E-state index contributed by atoms with van der Waals surface area (Å²) >= 11 is 0. The van der Waals surface area contributed by atoms with Crippen molar-refractivity contribution in [1.29, 1.82) is 0 Å². The van der Waals surface area contributed by atoms with Gasteiger partial charge in [-0.1, -0.05) is 6.07 Å². The van der Waals surface area contributed by atoms with Crippen LogP contribution in [0.2, 0.25) is 0 Å². The zero-order valence-corrected chi connectivity index (χ0v) is 9.75. The van der Waals surface area contributed by atoms with Crippen LogP contribution < -0.4 is 10.6 Å². The van der Waals surface area contributed by atoms with E-state index in [1.54, 1.807) is 12.1 Å². The van der Waals surface area contributed by atoms with E-state index >= 15 is 0 Å². The Morgan fingerprint density at radius 2 is 2.25 bits per heavy atom. The lowest BCUT2D eigenvalue weighted by Crippen LogP contribution is -2.37. The van der Waals surface area contributed by atoms with Crippen molar-refractivity contribution in [2.75, 3.05) is 11.4 Å². The molecular weight excluding hydrogens is 203 g/mol. The summed E-state index contributed by atoms with van der Waals surface area (Å²) < 4.78 is 13.6. The van der Waals surface area contributed by atoms with Crippen molar-refractivity contribution in [2.45, 2.75) is 38.8 Å². The Morgan fingerprint density at radius 3 is 2.88 bits per heavy atom. The third-order valence-corrected chi connectivity index (χ3v) is 3.39. The van der Waals surface area contributed by atoms with Crippen molar-refractivity contribution in [1.82, 2.24) is 0 Å². The molecule has 1 saturated heterocycles. The van der Waals surface area contributed by atoms with Crippen LogP contribution in [0, 0.1) is 5.82 Å². The highest BCUT2D eigenvalue weighted by atomic mass is 19.1. The molecule has 3 heteroatoms. The summed E-state index contributed by atoms with van der Waals surface area (Å²) in [4.78, 5) is 2.28. The van der Waals surface area contributed by atoms with Crippen LogP contribution in [0.5, 0.6) is 0 Å². The maximum absolute atomic E-state index is 13.6. The quantitative estimate of drug-likeness (QED) is 0.833. The van der Waals surface area contributed by atoms with Gasteiger partial charge in [0.05, 0.1) is 0 Å². The topological polar surface area (TPSA) is 29.3 Å². The SMILES string of the molecule is CC1CCCCN1c1ccc(CN)c(F)c1. The van der Waals surface area contributed by atoms with Crippen molar-refractivity contribution in [3.8, 4) is 0 Å². The van der Waals surface area contributed by atoms with Crippen LogP contribution >= 0.6 is 0 Å². The smallest absolute Gasteiger partial charge is 0.129 e. The first-order valence-corrected chi connectivity index (χ1v) is 5.97. The molecule has 0 aliphatic carbocycles. The number of hydrogen-bond acceptors (Lipinski definition) is 2. The van der Waals surface area contributed by atoms with Crippen LogP contribution in [0.15, 0.2) is 18.2 Å². The maximum atomic E-state index is 13.6. The van der Waals surface area contributed by atoms with Crippen molar-refractivity contribution < 1.29 is 4.39 Å². The van der Waals surface area contributed by atoms with Gasteiger partial charge in [-0.15, -0.1) is 0 Å². The lowest BCUT2D eigenvalue weighted by atomic mass is 10.0. The highest BCUT2D eigenvalue weighted by Gasteiger charge is 2.19. The monoisotopic (exact) mass is 222 g/mol. The summed E-state index contributed by atoms with van der Waals surface area (Å²) in [6, 6.07) is 5.90. The van der Waals surface area contributed by atoms with Crippen molar-refractivity contribution in [3.05, 3.63) is 29.6 Å². The molecule has 1 heterocycles. The summed E-state index contributed by atoms with van der Waals surface area (Å²) in [7, 11) is 0. The summed E-state index contributed by atoms with van der Waals surface area (Å²) in [5.74, 6) is -0.183. The number of hydrogen-bond donors (Lipinski definition) is 1. The summed E-state index contributed by atoms with van der Waals surface area (Å²) in [6.07, 6.45) is 3.67. The second-order valence-corrected chi connectivity index (χ2v) is 4.52. The van der Waals surface area contributed by atoms with Gasteiger partial charge in [-0.3, -0.25) is 0 Å². The van der Waals surface area contributed by atoms with Crippen molar-refractivity contribution >= 4 is 5.69 Å². The molecule has 1 atom stereocenters. The zero-order chi connectivity index (χ0) is 11.5. The molecule has 0 radical (unpaired) electrons. The lowest BCUT2D eigenvalue weighted by Gasteiger charge is -2.35. The molecule has 16 heavy (non-hydrogen) atoms. The molecule has 1 fully saturated rings. The second-order valence-electron chi connectivity index (χ2n) is 4.52. The van der Waals surface area contributed by atoms with Crippen molar-refractivity contribution in [3.63, 3.8) is 0 Å². The highest BCUT2D eigenvalue weighted by Crippen LogP contribution is 2.26. The largest absolute Gasteiger partial charge is 0.369 e. The molecule has 1 aromatic rings. The number of anilines is 1. The first-order valence-electron chi connectivity index (χ1n) is 5.97. The first kappa shape index (κ1) is 11.4. The lowest BCUT2D eigenvalue weighted by molar-refractivity contribution is 0.483. The fraction of sp³-hybridized carbons (Fsp3) is 0.538. The third-order valence-electron chi connectivity index (χ3n) is 3.39. The van der Waals surface area contributed by atoms with E-state index in [2.05, 4.69) is 11.8 Å². The molecule has 0 saturated carbocycles. The highest BCUT2D eigenvalue weighted by molar-refractivity contribution is 5.49. The van der Waals surface area contributed by atoms with E-state index in [1.807, 2.05) is 6.07 Å². The van der Waals surface area contributed by atoms with E-state index in [4.69, 9.17) is 5.73 Å². The number of nitrogens with zero attached hydrogens (tertiary/aromatic N) is 1. The molecule has 88 valence electrons. The molecular formula is C13H19FN2. The Hall–Kier alpha value is -1.09. The Bertz CT molecular complexity index is 365. The van der Waals surface area contributed by atoms with Gasteiger partial charge < -0.3 is 10.6 Å². The Labute approximate surface area is 96.2 Å². The summed E-state index contributed by atoms with van der Waals surface area (Å²) in [5.41, 5.74) is 7.03. The molecule has 1 unspecified atom stereocenters. The van der Waals surface area contributed by atoms with E-state index in [9.17, 15) is 4.39 Å². The number of halogens is 1. The molecule has 0 amide bonds. The molecule has 2 rings (SSSR count). The Balaban J connectivity index is 2.22. The van der Waals surface area contributed by atoms with Crippen LogP contribution in [0.4, 0.5) is 10.1 Å². The minimum Gasteiger partial charge on any atom is -0.369 e. The average Bonchev–Trinajstić information content (AvgIpc) is 2.29. The molecule has 0 spiro atoms. The first-order chi connectivity index (χ1) is 7.72. The van der Waals surface area contributed by atoms with Crippen LogP contribution in [-0.2, 0) is 6.54 Å². The van der Waals surface area contributed by atoms with Gasteiger partial charge in [0.25, 0.3) is 0 Å². The number of piperidine rings is 1. The predicted octanol–water partition coefficient (Wildman–Crippen LogP) is 2.66. The van der Waals surface area contributed by atoms with Gasteiger partial charge in [0.2, 0.25) is 0 Å². The van der Waals surface area contributed by atoms with Crippen molar-refractivity contribution in [2.24, 2.45) is 5.73 Å². The van der Waals surface area contributed by atoms with Crippen LogP contribution in [0.1, 0.15) is 31.7 Å². The van der Waals surface area contributed by atoms with Gasteiger partial charge in [0.1, 0.15) is 5.82 Å². The normalized spacial score (nSPS) is 21.2. The van der Waals surface area contributed by atoms with Crippen LogP contribution in [0.25, 0.3) is 0 Å². The number of benzene rings is 1. The Morgan fingerprint density at radius 1 is 1.44 bits per heavy atom. The van der Waals surface area contributed by atoms with Gasteiger partial charge in [-0.05, 0) is 38.3 Å². The summed E-state index contributed by atoms with van der Waals surface area (Å²) in [6.45, 7) is 3.50. The molecule has 0 aromatic heterocycles. The van der Waals surface area contributed by atoms with E-state index in [1.165, 1.54) is 19.3 Å². The number of nitrogens with two attached hydrogens (primary N) is 1. The van der Waals surface area contributed by atoms with Gasteiger partial charge in [-0.2, -0.15) is 0 Å². The van der Waals surface area contributed by atoms with E-state index < -0.39 is 0 Å². The van der Waals surface area contributed by atoms with E-state index in [-0.39, 0.29) is 12.4 Å². The average molecular weight is 222 g/mol. The molecule has 1 aliphatic heterocycles. The maximum Gasteiger partial charge on any atom is 0.129 e. The van der Waals surface area contributed by atoms with E-state index in [0.29, 0.717) is 11.6 Å². The standard InChI is InChI=1S/C13H19FN2/c1-10-4-2-3-7-16(10)12-6-5-11(9-15)13(14)8-12/h5-6,8,10H,2-4,7,9,15H2,1H3. The number of rotatable bonds is 2. The Kier molecular flexibility index (Phi) is 3.44. The van der Waals surface area contributed by atoms with Gasteiger partial charge in [0.15, 0.2) is 0 Å². The zero-order valence-electron chi connectivity index (χ0n) is 9.75. The summed E-state index contributed by atoms with van der Waals surface area (Å²) in [5, 5.41) is 0. The van der Waals surface area contributed by atoms with Crippen LogP contribution in [-0.4, -0.2) is 12.6 Å². The molecule has 2 nitrogen and oxygen atoms in total. The molecule has 0 bridgehead atoms. The molecule has 2 N–H and O–H groups in total. The fourth-order valence-electron chi connectivity index (χ4n) is 2.36. The van der Waals surface area contributed by atoms with Gasteiger partial charge >= 0.3 is 0 Å².